The van der Waals surface area contributed by atoms with E-state index in [0.717, 1.165) is 22.9 Å². The lowest BCUT2D eigenvalue weighted by Crippen LogP contribution is -2.06. The molecule has 0 unspecified atom stereocenters. The van der Waals surface area contributed by atoms with Crippen molar-refractivity contribution < 1.29 is 17.6 Å². The zero-order chi connectivity index (χ0) is 20.4. The second-order valence-electron chi connectivity index (χ2n) is 6.62. The Kier molecular flexibility index (Phi) is 4.92. The summed E-state index contributed by atoms with van der Waals surface area (Å²) in [6.45, 7) is 0.427. The van der Waals surface area contributed by atoms with Gasteiger partial charge in [0.05, 0.1) is 11.1 Å². The summed E-state index contributed by atoms with van der Waals surface area (Å²) in [6, 6.07) is 19.4. The predicted octanol–water partition coefficient (Wildman–Crippen LogP) is 6.67. The fraction of sp³-hybridized carbons (Fsp3) is 0.0870. The Bertz CT molecular complexity index is 1170. The molecule has 0 amide bonds. The van der Waals surface area contributed by atoms with Crippen LogP contribution in [0.4, 0.5) is 23.2 Å². The predicted molar refractivity (Wildman–Crippen MR) is 106 cm³/mol. The van der Waals surface area contributed by atoms with Gasteiger partial charge in [-0.2, -0.15) is 13.2 Å². The average molecular weight is 396 g/mol. The number of nitrogens with one attached hydrogen (secondary N) is 1. The van der Waals surface area contributed by atoms with Gasteiger partial charge in [-0.1, -0.05) is 36.4 Å². The van der Waals surface area contributed by atoms with Crippen LogP contribution in [-0.2, 0) is 12.7 Å². The third kappa shape index (κ3) is 4.06. The lowest BCUT2D eigenvalue weighted by Gasteiger charge is -2.13. The van der Waals surface area contributed by atoms with E-state index in [1.165, 1.54) is 24.4 Å². The Labute approximate surface area is 164 Å². The third-order valence-electron chi connectivity index (χ3n) is 4.64. The second kappa shape index (κ2) is 7.54. The molecule has 6 heteroatoms. The van der Waals surface area contributed by atoms with Crippen molar-refractivity contribution in [3.63, 3.8) is 0 Å². The van der Waals surface area contributed by atoms with Crippen LogP contribution in [-0.4, -0.2) is 4.98 Å². The fourth-order valence-corrected chi connectivity index (χ4v) is 3.30. The lowest BCUT2D eigenvalue weighted by atomic mass is 9.99. The largest absolute Gasteiger partial charge is 0.418 e. The number of pyridine rings is 1. The van der Waals surface area contributed by atoms with Crippen LogP contribution in [0.2, 0.25) is 0 Å². The standard InChI is InChI=1S/C23H16F4N2/c24-17-6-1-4-15(12-17)14-29-18-7-2-5-16(13-18)19-10-11-28-22-20(19)8-3-9-21(22)23(25,26)27/h1-13,29H,14H2. The number of fused-ring (bicyclic) bond motifs is 1. The minimum Gasteiger partial charge on any atom is -0.381 e. The Morgan fingerprint density at radius 3 is 2.45 bits per heavy atom. The smallest absolute Gasteiger partial charge is 0.381 e. The zero-order valence-corrected chi connectivity index (χ0v) is 15.2. The highest BCUT2D eigenvalue weighted by molar-refractivity contribution is 5.96. The molecule has 0 fully saturated rings. The quantitative estimate of drug-likeness (QED) is 0.390. The van der Waals surface area contributed by atoms with Gasteiger partial charge in [0.15, 0.2) is 0 Å². The topological polar surface area (TPSA) is 24.9 Å². The number of anilines is 1. The van der Waals surface area contributed by atoms with E-state index >= 15 is 0 Å². The highest BCUT2D eigenvalue weighted by Gasteiger charge is 2.33. The Morgan fingerprint density at radius 1 is 0.862 bits per heavy atom. The molecule has 0 bridgehead atoms. The molecule has 29 heavy (non-hydrogen) atoms. The monoisotopic (exact) mass is 396 g/mol. The van der Waals surface area contributed by atoms with Crippen molar-refractivity contribution >= 4 is 16.6 Å². The first kappa shape index (κ1) is 18.9. The molecule has 0 saturated heterocycles. The van der Waals surface area contributed by atoms with Crippen LogP contribution in [0.15, 0.2) is 79.0 Å². The summed E-state index contributed by atoms with van der Waals surface area (Å²) in [6.07, 6.45) is -3.08. The zero-order valence-electron chi connectivity index (χ0n) is 15.2. The van der Waals surface area contributed by atoms with Gasteiger partial charge in [0.25, 0.3) is 0 Å². The summed E-state index contributed by atoms with van der Waals surface area (Å²) in [5.41, 5.74) is 2.17. The molecule has 0 saturated carbocycles. The van der Waals surface area contributed by atoms with Crippen molar-refractivity contribution in [2.24, 2.45) is 0 Å². The van der Waals surface area contributed by atoms with Crippen LogP contribution in [0, 0.1) is 5.82 Å². The van der Waals surface area contributed by atoms with E-state index < -0.39 is 11.7 Å². The maximum Gasteiger partial charge on any atom is 0.418 e. The number of para-hydroxylation sites is 1. The highest BCUT2D eigenvalue weighted by atomic mass is 19.4. The maximum atomic E-state index is 13.3. The molecule has 0 aliphatic rings. The van der Waals surface area contributed by atoms with Gasteiger partial charge in [0.2, 0.25) is 0 Å². The number of nitrogens with zero attached hydrogens (tertiary/aromatic N) is 1. The molecule has 0 aliphatic heterocycles. The molecule has 1 N–H and O–H groups in total. The van der Waals surface area contributed by atoms with Crippen molar-refractivity contribution in [3.05, 3.63) is 95.9 Å². The second-order valence-corrected chi connectivity index (χ2v) is 6.62. The van der Waals surface area contributed by atoms with Crippen molar-refractivity contribution in [1.29, 1.82) is 0 Å². The minimum absolute atomic E-state index is 0.0735. The molecule has 0 atom stereocenters. The molecule has 2 nitrogen and oxygen atoms in total. The van der Waals surface area contributed by atoms with Gasteiger partial charge in [-0.05, 0) is 53.1 Å². The lowest BCUT2D eigenvalue weighted by molar-refractivity contribution is -0.136. The molecule has 0 spiro atoms. The number of alkyl halides is 3. The number of halogens is 4. The molecule has 0 aliphatic carbocycles. The van der Waals surface area contributed by atoms with E-state index in [1.807, 2.05) is 30.3 Å². The van der Waals surface area contributed by atoms with Gasteiger partial charge in [-0.25, -0.2) is 4.39 Å². The highest BCUT2D eigenvalue weighted by Crippen LogP contribution is 2.37. The first-order chi connectivity index (χ1) is 13.9. The Hall–Kier alpha value is -3.41. The van der Waals surface area contributed by atoms with E-state index in [2.05, 4.69) is 10.3 Å². The van der Waals surface area contributed by atoms with E-state index in [1.54, 1.807) is 18.2 Å². The first-order valence-electron chi connectivity index (χ1n) is 8.95. The van der Waals surface area contributed by atoms with Gasteiger partial charge in [0, 0.05) is 23.8 Å². The molecule has 0 radical (unpaired) electrons. The molecule has 1 aromatic heterocycles. The fourth-order valence-electron chi connectivity index (χ4n) is 3.30. The molecule has 146 valence electrons. The first-order valence-corrected chi connectivity index (χ1v) is 8.95. The number of hydrogen-bond donors (Lipinski definition) is 1. The van der Waals surface area contributed by atoms with Crippen LogP contribution in [0.1, 0.15) is 11.1 Å². The van der Waals surface area contributed by atoms with E-state index in [4.69, 9.17) is 0 Å². The minimum atomic E-state index is -4.47. The summed E-state index contributed by atoms with van der Waals surface area (Å²) in [5.74, 6) is -0.304. The van der Waals surface area contributed by atoms with Crippen LogP contribution < -0.4 is 5.32 Å². The van der Waals surface area contributed by atoms with Crippen molar-refractivity contribution in [3.8, 4) is 11.1 Å². The summed E-state index contributed by atoms with van der Waals surface area (Å²) in [7, 11) is 0. The van der Waals surface area contributed by atoms with Gasteiger partial charge in [-0.15, -0.1) is 0 Å². The van der Waals surface area contributed by atoms with E-state index in [0.29, 0.717) is 17.5 Å². The number of benzene rings is 3. The summed E-state index contributed by atoms with van der Waals surface area (Å²) in [4.78, 5) is 3.97. The molecule has 4 rings (SSSR count). The van der Waals surface area contributed by atoms with E-state index in [9.17, 15) is 17.6 Å². The molecule has 1 heterocycles. The van der Waals surface area contributed by atoms with Gasteiger partial charge < -0.3 is 5.32 Å². The van der Waals surface area contributed by atoms with Crippen LogP contribution in [0.25, 0.3) is 22.0 Å². The molecule has 4 aromatic rings. The van der Waals surface area contributed by atoms with Crippen molar-refractivity contribution in [1.82, 2.24) is 4.98 Å². The summed E-state index contributed by atoms with van der Waals surface area (Å²) in [5, 5.41) is 3.65. The Balaban J connectivity index is 1.69. The Morgan fingerprint density at radius 2 is 1.66 bits per heavy atom. The van der Waals surface area contributed by atoms with Gasteiger partial charge >= 0.3 is 6.18 Å². The van der Waals surface area contributed by atoms with Crippen LogP contribution in [0.3, 0.4) is 0 Å². The van der Waals surface area contributed by atoms with Gasteiger partial charge in [-0.3, -0.25) is 4.98 Å². The number of rotatable bonds is 4. The maximum absolute atomic E-state index is 13.3. The van der Waals surface area contributed by atoms with Crippen LogP contribution in [0.5, 0.6) is 0 Å². The average Bonchev–Trinajstić information content (AvgIpc) is 2.71. The number of hydrogen-bond acceptors (Lipinski definition) is 2. The van der Waals surface area contributed by atoms with Crippen molar-refractivity contribution in [2.45, 2.75) is 12.7 Å². The van der Waals surface area contributed by atoms with Gasteiger partial charge in [0.1, 0.15) is 5.82 Å². The van der Waals surface area contributed by atoms with E-state index in [-0.39, 0.29) is 11.3 Å². The normalized spacial score (nSPS) is 11.6. The molecular formula is C23H16F4N2. The number of aromatic nitrogens is 1. The SMILES string of the molecule is Fc1cccc(CNc2cccc(-c3ccnc4c(C(F)(F)F)cccc34)c2)c1. The summed E-state index contributed by atoms with van der Waals surface area (Å²) >= 11 is 0. The summed E-state index contributed by atoms with van der Waals surface area (Å²) < 4.78 is 53.3. The molecular weight excluding hydrogens is 380 g/mol. The van der Waals surface area contributed by atoms with Crippen LogP contribution >= 0.6 is 0 Å². The third-order valence-corrected chi connectivity index (χ3v) is 4.64. The van der Waals surface area contributed by atoms with Crippen molar-refractivity contribution in [2.75, 3.05) is 5.32 Å². The molecule has 3 aromatic carbocycles.